The summed E-state index contributed by atoms with van der Waals surface area (Å²) in [6, 6.07) is -0.217. The van der Waals surface area contributed by atoms with Gasteiger partial charge in [-0.1, -0.05) is 5.21 Å². The first-order chi connectivity index (χ1) is 9.28. The third-order valence-corrected chi connectivity index (χ3v) is 3.20. The molecule has 0 bridgehead atoms. The number of aromatic nitrogens is 3. The minimum absolute atomic E-state index is 0.217. The average Bonchev–Trinajstić information content (AvgIpc) is 2.91. The summed E-state index contributed by atoms with van der Waals surface area (Å²) in [6.07, 6.45) is 6.74. The van der Waals surface area contributed by atoms with E-state index in [1.807, 2.05) is 6.20 Å². The smallest absolute Gasteiger partial charge is 0.314 e. The Bertz CT molecular complexity index is 401. The summed E-state index contributed by atoms with van der Waals surface area (Å²) >= 11 is 0. The molecule has 19 heavy (non-hydrogen) atoms. The summed E-state index contributed by atoms with van der Waals surface area (Å²) in [6.45, 7) is 2.07. The number of carbonyl (C=O) groups excluding carboxylic acids is 1. The second-order valence-corrected chi connectivity index (χ2v) is 4.68. The van der Waals surface area contributed by atoms with E-state index >= 15 is 0 Å². The van der Waals surface area contributed by atoms with Crippen LogP contribution in [0.4, 0.5) is 4.79 Å². The fraction of sp³-hybridized carbons (Fsp3) is 0.750. The van der Waals surface area contributed by atoms with Crippen molar-refractivity contribution in [2.24, 2.45) is 0 Å². The maximum Gasteiger partial charge on any atom is 0.314 e. The lowest BCUT2D eigenvalue weighted by molar-refractivity contribution is 0.00820. The summed E-state index contributed by atoms with van der Waals surface area (Å²) in [4.78, 5) is 11.0. The molecule has 7 nitrogen and oxygen atoms in total. The third kappa shape index (κ3) is 4.51. The number of nitrogens with zero attached hydrogens (tertiary/aromatic N) is 3. The summed E-state index contributed by atoms with van der Waals surface area (Å²) in [7, 11) is 1.58. The maximum atomic E-state index is 11.0. The van der Waals surface area contributed by atoms with E-state index in [1.165, 1.54) is 12.8 Å². The van der Waals surface area contributed by atoms with Crippen molar-refractivity contribution in [1.29, 1.82) is 0 Å². The van der Waals surface area contributed by atoms with Gasteiger partial charge in [-0.15, -0.1) is 5.10 Å². The summed E-state index contributed by atoms with van der Waals surface area (Å²) in [5.41, 5.74) is 0.758. The number of nitrogens with one attached hydrogen (secondary N) is 2. The molecule has 1 aliphatic heterocycles. The monoisotopic (exact) mass is 267 g/mol. The Hall–Kier alpha value is -1.63. The first-order valence-corrected chi connectivity index (χ1v) is 6.74. The zero-order chi connectivity index (χ0) is 13.5. The molecule has 0 radical (unpaired) electrons. The molecule has 2 heterocycles. The SMILES string of the molecule is CNC(=O)NCc1cn(CCC2CCCCO2)nn1. The predicted octanol–water partition coefficient (Wildman–Crippen LogP) is 0.666. The summed E-state index contributed by atoms with van der Waals surface area (Å²) in [5.74, 6) is 0. The number of carbonyl (C=O) groups is 1. The van der Waals surface area contributed by atoms with E-state index in [-0.39, 0.29) is 6.03 Å². The first-order valence-electron chi connectivity index (χ1n) is 6.74. The highest BCUT2D eigenvalue weighted by molar-refractivity contribution is 5.73. The van der Waals surface area contributed by atoms with Crippen LogP contribution in [0.5, 0.6) is 0 Å². The van der Waals surface area contributed by atoms with Crippen LogP contribution in [0.2, 0.25) is 0 Å². The molecule has 1 atom stereocenters. The Labute approximate surface area is 112 Å². The molecule has 2 rings (SSSR count). The summed E-state index contributed by atoms with van der Waals surface area (Å²) < 4.78 is 7.48. The van der Waals surface area contributed by atoms with Gasteiger partial charge in [-0.25, -0.2) is 4.79 Å². The molecule has 1 fully saturated rings. The molecular formula is C12H21N5O2. The normalized spacial score (nSPS) is 19.1. The van der Waals surface area contributed by atoms with E-state index in [0.717, 1.165) is 31.7 Å². The lowest BCUT2D eigenvalue weighted by atomic mass is 10.1. The van der Waals surface area contributed by atoms with Crippen LogP contribution in [0.1, 0.15) is 31.4 Å². The van der Waals surface area contributed by atoms with E-state index < -0.39 is 0 Å². The maximum absolute atomic E-state index is 11.0. The molecule has 2 amide bonds. The van der Waals surface area contributed by atoms with Gasteiger partial charge in [0.15, 0.2) is 0 Å². The zero-order valence-corrected chi connectivity index (χ0v) is 11.3. The van der Waals surface area contributed by atoms with Crippen LogP contribution >= 0.6 is 0 Å². The van der Waals surface area contributed by atoms with Crippen LogP contribution in [0.15, 0.2) is 6.20 Å². The largest absolute Gasteiger partial charge is 0.378 e. The van der Waals surface area contributed by atoms with Gasteiger partial charge in [0.2, 0.25) is 0 Å². The standard InChI is InChI=1S/C12H21N5O2/c1-13-12(18)14-8-10-9-17(16-15-10)6-5-11-4-2-3-7-19-11/h9,11H,2-8H2,1H3,(H2,13,14,18). The highest BCUT2D eigenvalue weighted by atomic mass is 16.5. The van der Waals surface area contributed by atoms with Crippen molar-refractivity contribution in [2.75, 3.05) is 13.7 Å². The molecule has 0 saturated carbocycles. The van der Waals surface area contributed by atoms with E-state index in [9.17, 15) is 4.79 Å². The number of rotatable bonds is 5. The lowest BCUT2D eigenvalue weighted by Gasteiger charge is -2.22. The van der Waals surface area contributed by atoms with Gasteiger partial charge in [0, 0.05) is 20.2 Å². The first kappa shape index (κ1) is 13.8. The predicted molar refractivity (Wildman–Crippen MR) is 69.5 cm³/mol. The third-order valence-electron chi connectivity index (χ3n) is 3.20. The van der Waals surface area contributed by atoms with Crippen LogP contribution in [0.25, 0.3) is 0 Å². The van der Waals surface area contributed by atoms with Crippen molar-refractivity contribution in [2.45, 2.75) is 44.9 Å². The molecule has 0 aliphatic carbocycles. The molecule has 1 aromatic heterocycles. The number of hydrogen-bond donors (Lipinski definition) is 2. The highest BCUT2D eigenvalue weighted by Crippen LogP contribution is 2.15. The Morgan fingerprint density at radius 3 is 3.21 bits per heavy atom. The van der Waals surface area contributed by atoms with Crippen molar-refractivity contribution in [3.8, 4) is 0 Å². The molecule has 1 unspecified atom stereocenters. The van der Waals surface area contributed by atoms with E-state index in [2.05, 4.69) is 20.9 Å². The van der Waals surface area contributed by atoms with E-state index in [0.29, 0.717) is 12.6 Å². The molecular weight excluding hydrogens is 246 g/mol. The number of hydrogen-bond acceptors (Lipinski definition) is 4. The van der Waals surface area contributed by atoms with Crippen LogP contribution in [-0.4, -0.2) is 40.8 Å². The average molecular weight is 267 g/mol. The molecule has 1 aromatic rings. The molecule has 106 valence electrons. The zero-order valence-electron chi connectivity index (χ0n) is 11.3. The van der Waals surface area contributed by atoms with Crippen LogP contribution in [-0.2, 0) is 17.8 Å². The van der Waals surface area contributed by atoms with Crippen molar-refractivity contribution in [3.63, 3.8) is 0 Å². The fourth-order valence-electron chi connectivity index (χ4n) is 2.10. The van der Waals surface area contributed by atoms with Gasteiger partial charge in [0.1, 0.15) is 5.69 Å². The van der Waals surface area contributed by atoms with Gasteiger partial charge >= 0.3 is 6.03 Å². The highest BCUT2D eigenvalue weighted by Gasteiger charge is 2.13. The Kier molecular flexibility index (Phi) is 5.14. The number of urea groups is 1. The number of amides is 2. The minimum atomic E-state index is -0.217. The Morgan fingerprint density at radius 1 is 1.58 bits per heavy atom. The van der Waals surface area contributed by atoms with Gasteiger partial charge in [-0.05, 0) is 25.7 Å². The van der Waals surface area contributed by atoms with Crippen LogP contribution < -0.4 is 10.6 Å². The Balaban J connectivity index is 1.72. The number of ether oxygens (including phenoxy) is 1. The van der Waals surface area contributed by atoms with Crippen molar-refractivity contribution < 1.29 is 9.53 Å². The van der Waals surface area contributed by atoms with E-state index in [1.54, 1.807) is 11.7 Å². The molecule has 0 aromatic carbocycles. The molecule has 1 saturated heterocycles. The molecule has 2 N–H and O–H groups in total. The quantitative estimate of drug-likeness (QED) is 0.821. The van der Waals surface area contributed by atoms with Crippen molar-refractivity contribution >= 4 is 6.03 Å². The summed E-state index contributed by atoms with van der Waals surface area (Å²) in [5, 5.41) is 13.2. The van der Waals surface area contributed by atoms with Gasteiger partial charge in [0.05, 0.1) is 18.8 Å². The van der Waals surface area contributed by atoms with E-state index in [4.69, 9.17) is 4.74 Å². The van der Waals surface area contributed by atoms with Crippen molar-refractivity contribution in [3.05, 3.63) is 11.9 Å². The second-order valence-electron chi connectivity index (χ2n) is 4.68. The van der Waals surface area contributed by atoms with Gasteiger partial charge in [-0.2, -0.15) is 0 Å². The van der Waals surface area contributed by atoms with Gasteiger partial charge < -0.3 is 15.4 Å². The number of aryl methyl sites for hydroxylation is 1. The Morgan fingerprint density at radius 2 is 2.47 bits per heavy atom. The topological polar surface area (TPSA) is 81.1 Å². The second kappa shape index (κ2) is 7.08. The molecule has 7 heteroatoms. The lowest BCUT2D eigenvalue weighted by Crippen LogP contribution is -2.32. The van der Waals surface area contributed by atoms with Crippen molar-refractivity contribution in [1.82, 2.24) is 25.6 Å². The molecule has 1 aliphatic rings. The van der Waals surface area contributed by atoms with Crippen LogP contribution in [0.3, 0.4) is 0 Å². The van der Waals surface area contributed by atoms with Gasteiger partial charge in [-0.3, -0.25) is 4.68 Å². The minimum Gasteiger partial charge on any atom is -0.378 e. The van der Waals surface area contributed by atoms with Crippen LogP contribution in [0, 0.1) is 0 Å². The van der Waals surface area contributed by atoms with Gasteiger partial charge in [0.25, 0.3) is 0 Å². The molecule has 0 spiro atoms. The fourth-order valence-corrected chi connectivity index (χ4v) is 2.10.